The first-order chi connectivity index (χ1) is 19.0. The molecule has 0 spiro atoms. The Balaban J connectivity index is 1.21. The van der Waals surface area contributed by atoms with E-state index in [1.54, 1.807) is 30.5 Å². The number of benzene rings is 3. The van der Waals surface area contributed by atoms with Crippen LogP contribution in [-0.4, -0.2) is 28.0 Å². The van der Waals surface area contributed by atoms with Crippen LogP contribution in [0, 0.1) is 17.1 Å². The molecule has 1 N–H and O–H groups in total. The van der Waals surface area contributed by atoms with E-state index in [9.17, 15) is 9.18 Å². The molecule has 1 amide bonds. The minimum absolute atomic E-state index is 0.242. The lowest BCUT2D eigenvalue weighted by Gasteiger charge is -2.29. The molecule has 39 heavy (non-hydrogen) atoms. The topological polar surface area (TPSA) is 81.4 Å². The van der Waals surface area contributed by atoms with Crippen molar-refractivity contribution >= 4 is 17.3 Å². The molecule has 0 atom stereocenters. The summed E-state index contributed by atoms with van der Waals surface area (Å²) in [6.07, 6.45) is 2.53. The van der Waals surface area contributed by atoms with Crippen LogP contribution in [0.3, 0.4) is 0 Å². The summed E-state index contributed by atoms with van der Waals surface area (Å²) < 4.78 is 13.1. The van der Waals surface area contributed by atoms with Crippen molar-refractivity contribution in [1.29, 1.82) is 5.26 Å². The molecule has 5 rings (SSSR count). The van der Waals surface area contributed by atoms with Crippen molar-refractivity contribution in [1.82, 2.24) is 15.2 Å². The van der Waals surface area contributed by atoms with Crippen LogP contribution in [0.1, 0.15) is 50.8 Å². The number of carbonyl (C=O) groups is 1. The van der Waals surface area contributed by atoms with Crippen LogP contribution < -0.4 is 5.32 Å². The zero-order chi connectivity index (χ0) is 27.2. The number of amides is 1. The van der Waals surface area contributed by atoms with Gasteiger partial charge in [0.05, 0.1) is 34.3 Å². The molecule has 7 heteroatoms. The monoisotopic (exact) mass is 517 g/mol. The molecule has 3 aromatic carbocycles. The molecule has 1 aliphatic heterocycles. The Morgan fingerprint density at radius 2 is 1.79 bits per heavy atom. The van der Waals surface area contributed by atoms with Gasteiger partial charge in [-0.15, -0.1) is 0 Å². The molecule has 194 valence electrons. The van der Waals surface area contributed by atoms with Crippen LogP contribution in [0.4, 0.5) is 10.1 Å². The van der Waals surface area contributed by atoms with Gasteiger partial charge >= 0.3 is 0 Å². The lowest BCUT2D eigenvalue weighted by Crippen LogP contribution is -2.29. The summed E-state index contributed by atoms with van der Waals surface area (Å²) >= 11 is 0. The summed E-state index contributed by atoms with van der Waals surface area (Å²) in [6.45, 7) is 4.89. The first-order valence-electron chi connectivity index (χ1n) is 12.8. The number of fused-ring (bicyclic) bond motifs is 1. The fraction of sp³-hybridized carbons (Fsp3) is 0.188. The molecule has 0 unspecified atom stereocenters. The van der Waals surface area contributed by atoms with Gasteiger partial charge in [-0.05, 0) is 84.1 Å². The van der Waals surface area contributed by atoms with E-state index in [-0.39, 0.29) is 11.7 Å². The molecular weight excluding hydrogens is 489 g/mol. The maximum atomic E-state index is 13.1. The van der Waals surface area contributed by atoms with E-state index in [0.29, 0.717) is 23.4 Å². The van der Waals surface area contributed by atoms with E-state index in [1.807, 2.05) is 37.3 Å². The van der Waals surface area contributed by atoms with Gasteiger partial charge in [-0.3, -0.25) is 19.7 Å². The molecule has 6 nitrogen and oxygen atoms in total. The SMILES string of the molecule is CC(=Nc1ccc2c(c1)CN(Cc1ccc(C#N)cc1)CC2)c1ccc(C(=O)NCc2ccc(F)cc2)cn1. The van der Waals surface area contributed by atoms with E-state index in [1.165, 1.54) is 28.8 Å². The summed E-state index contributed by atoms with van der Waals surface area (Å²) in [4.78, 5) is 24.1. The van der Waals surface area contributed by atoms with Crippen molar-refractivity contribution in [2.24, 2.45) is 4.99 Å². The molecule has 0 saturated carbocycles. The van der Waals surface area contributed by atoms with E-state index < -0.39 is 0 Å². The number of nitriles is 1. The van der Waals surface area contributed by atoms with E-state index in [4.69, 9.17) is 10.3 Å². The first-order valence-corrected chi connectivity index (χ1v) is 12.8. The smallest absolute Gasteiger partial charge is 0.253 e. The van der Waals surface area contributed by atoms with Gasteiger partial charge in [0.1, 0.15) is 5.82 Å². The van der Waals surface area contributed by atoms with E-state index in [2.05, 4.69) is 33.4 Å². The Hall–Kier alpha value is -4.67. The summed E-state index contributed by atoms with van der Waals surface area (Å²) in [7, 11) is 0. The highest BCUT2D eigenvalue weighted by atomic mass is 19.1. The molecular formula is C32H28FN5O. The maximum absolute atomic E-state index is 13.1. The summed E-state index contributed by atoms with van der Waals surface area (Å²) in [5.41, 5.74) is 8.08. The van der Waals surface area contributed by atoms with Crippen molar-refractivity contribution in [2.75, 3.05) is 6.54 Å². The Labute approximate surface area is 227 Å². The normalized spacial score (nSPS) is 13.4. The van der Waals surface area contributed by atoms with Crippen LogP contribution in [0.15, 0.2) is 90.1 Å². The summed E-state index contributed by atoms with van der Waals surface area (Å²) in [5, 5.41) is 11.8. The lowest BCUT2D eigenvalue weighted by atomic mass is 9.98. The van der Waals surface area contributed by atoms with Gasteiger partial charge in [0, 0.05) is 32.4 Å². The highest BCUT2D eigenvalue weighted by Gasteiger charge is 2.17. The molecule has 1 aliphatic rings. The number of hydrogen-bond donors (Lipinski definition) is 1. The zero-order valence-electron chi connectivity index (χ0n) is 21.7. The number of nitrogens with zero attached hydrogens (tertiary/aromatic N) is 4. The first kappa shape index (κ1) is 26.0. The van der Waals surface area contributed by atoms with Gasteiger partial charge in [-0.1, -0.05) is 30.3 Å². The Kier molecular flexibility index (Phi) is 7.86. The predicted octanol–water partition coefficient (Wildman–Crippen LogP) is 5.72. The van der Waals surface area contributed by atoms with Gasteiger partial charge in [0.25, 0.3) is 5.91 Å². The quantitative estimate of drug-likeness (QED) is 0.318. The van der Waals surface area contributed by atoms with Crippen molar-refractivity contribution in [3.8, 4) is 6.07 Å². The van der Waals surface area contributed by atoms with Crippen LogP contribution in [-0.2, 0) is 26.1 Å². The van der Waals surface area contributed by atoms with Gasteiger partial charge in [-0.25, -0.2) is 4.39 Å². The second-order valence-electron chi connectivity index (χ2n) is 9.66. The average Bonchev–Trinajstić information content (AvgIpc) is 2.97. The molecule has 4 aromatic rings. The Bertz CT molecular complexity index is 1540. The number of rotatable bonds is 7. The molecule has 0 bridgehead atoms. The molecule has 2 heterocycles. The molecule has 0 saturated heterocycles. The van der Waals surface area contributed by atoms with Gasteiger partial charge in [-0.2, -0.15) is 5.26 Å². The van der Waals surface area contributed by atoms with Crippen LogP contribution >= 0.6 is 0 Å². The van der Waals surface area contributed by atoms with Gasteiger partial charge in [0.2, 0.25) is 0 Å². The summed E-state index contributed by atoms with van der Waals surface area (Å²) in [5.74, 6) is -0.549. The molecule has 0 aliphatic carbocycles. The number of aliphatic imine (C=N–C) groups is 1. The zero-order valence-corrected chi connectivity index (χ0v) is 21.7. The number of nitrogens with one attached hydrogen (secondary N) is 1. The molecule has 0 fully saturated rings. The third-order valence-electron chi connectivity index (χ3n) is 6.83. The van der Waals surface area contributed by atoms with Crippen LogP contribution in [0.5, 0.6) is 0 Å². The predicted molar refractivity (Wildman–Crippen MR) is 149 cm³/mol. The molecule has 1 aromatic heterocycles. The third-order valence-corrected chi connectivity index (χ3v) is 6.83. The Morgan fingerprint density at radius 1 is 1.03 bits per heavy atom. The van der Waals surface area contributed by atoms with Crippen LogP contribution in [0.25, 0.3) is 0 Å². The fourth-order valence-corrected chi connectivity index (χ4v) is 4.63. The highest BCUT2D eigenvalue weighted by Crippen LogP contribution is 2.26. The van der Waals surface area contributed by atoms with Crippen molar-refractivity contribution in [3.63, 3.8) is 0 Å². The van der Waals surface area contributed by atoms with Gasteiger partial charge in [0.15, 0.2) is 0 Å². The maximum Gasteiger partial charge on any atom is 0.253 e. The Morgan fingerprint density at radius 3 is 2.51 bits per heavy atom. The second-order valence-corrected chi connectivity index (χ2v) is 9.66. The van der Waals surface area contributed by atoms with E-state index >= 15 is 0 Å². The standard InChI is InChI=1S/C32H28FN5O/c1-22(31-13-9-27(19-35-31)32(39)36-18-24-6-10-29(33)11-7-24)37-30-12-8-26-14-15-38(21-28(26)16-30)20-25-4-2-23(17-34)3-5-25/h2-13,16,19H,14-15,18,20-21H2,1H3,(H,36,39). The number of aromatic nitrogens is 1. The minimum Gasteiger partial charge on any atom is -0.348 e. The largest absolute Gasteiger partial charge is 0.348 e. The van der Waals surface area contributed by atoms with Crippen molar-refractivity contribution in [2.45, 2.75) is 33.0 Å². The van der Waals surface area contributed by atoms with Crippen molar-refractivity contribution in [3.05, 3.63) is 130 Å². The number of carbonyl (C=O) groups excluding carboxylic acids is 1. The minimum atomic E-state index is -0.307. The van der Waals surface area contributed by atoms with Crippen molar-refractivity contribution < 1.29 is 9.18 Å². The van der Waals surface area contributed by atoms with Crippen LogP contribution in [0.2, 0.25) is 0 Å². The van der Waals surface area contributed by atoms with E-state index in [0.717, 1.165) is 43.0 Å². The lowest BCUT2D eigenvalue weighted by molar-refractivity contribution is 0.0950. The van der Waals surface area contributed by atoms with Gasteiger partial charge < -0.3 is 5.32 Å². The molecule has 0 radical (unpaired) electrons. The number of halogens is 1. The summed E-state index contributed by atoms with van der Waals surface area (Å²) in [6, 6.07) is 25.8. The number of hydrogen-bond acceptors (Lipinski definition) is 5. The average molecular weight is 518 g/mol. The fourth-order valence-electron chi connectivity index (χ4n) is 4.63. The third kappa shape index (κ3) is 6.61. The highest BCUT2D eigenvalue weighted by molar-refractivity contribution is 5.99. The number of pyridine rings is 1. The second kappa shape index (κ2) is 11.8.